The number of ether oxygens (including phenoxy) is 1. The Kier molecular flexibility index (Phi) is 5.29. The first-order valence-corrected chi connectivity index (χ1v) is 5.15. The van der Waals surface area contributed by atoms with E-state index in [2.05, 4.69) is 0 Å². The van der Waals surface area contributed by atoms with Crippen LogP contribution in [-0.4, -0.2) is 32.0 Å². The molecule has 0 rings (SSSR count). The van der Waals surface area contributed by atoms with E-state index in [4.69, 9.17) is 4.55 Å². The van der Waals surface area contributed by atoms with Crippen LogP contribution in [0, 0.1) is 0 Å². The van der Waals surface area contributed by atoms with E-state index in [-0.39, 0.29) is 0 Å². The standard InChI is InChI=1S/C6HF11O3S/c7-1(8)2(9)20-5(14,15)3(10,11)4(12,13)6(16,17)21(18)19/h(H,18,19). The van der Waals surface area contributed by atoms with E-state index in [9.17, 15) is 52.5 Å². The average molecular weight is 362 g/mol. The molecule has 0 aliphatic rings. The molecule has 0 bridgehead atoms. The van der Waals surface area contributed by atoms with Crippen LogP contribution in [0.2, 0.25) is 0 Å². The average Bonchev–Trinajstić information content (AvgIpc) is 2.26. The first-order valence-electron chi connectivity index (χ1n) is 4.04. The third-order valence-electron chi connectivity index (χ3n) is 1.71. The van der Waals surface area contributed by atoms with E-state index in [1.165, 1.54) is 0 Å². The number of alkyl halides is 8. The summed E-state index contributed by atoms with van der Waals surface area (Å²) in [6.45, 7) is 0. The number of rotatable bonds is 6. The number of hydrogen-bond acceptors (Lipinski definition) is 2. The Labute approximate surface area is 109 Å². The predicted octanol–water partition coefficient (Wildman–Crippen LogP) is 3.72. The molecule has 126 valence electrons. The molecule has 0 heterocycles. The molecule has 0 saturated carbocycles. The van der Waals surface area contributed by atoms with Crippen LogP contribution < -0.4 is 0 Å². The van der Waals surface area contributed by atoms with E-state index in [1.54, 1.807) is 0 Å². The molecule has 0 spiro atoms. The van der Waals surface area contributed by atoms with E-state index in [0.717, 1.165) is 0 Å². The summed E-state index contributed by atoms with van der Waals surface area (Å²) in [5, 5.41) is -6.63. The van der Waals surface area contributed by atoms with Crippen molar-refractivity contribution in [3.63, 3.8) is 0 Å². The van der Waals surface area contributed by atoms with Gasteiger partial charge < -0.3 is 9.29 Å². The third-order valence-corrected chi connectivity index (χ3v) is 2.41. The fraction of sp³-hybridized carbons (Fsp3) is 0.667. The molecule has 1 unspecified atom stereocenters. The monoisotopic (exact) mass is 362 g/mol. The second kappa shape index (κ2) is 5.58. The lowest BCUT2D eigenvalue weighted by atomic mass is 10.1. The quantitative estimate of drug-likeness (QED) is 0.445. The minimum atomic E-state index is -7.32. The summed E-state index contributed by atoms with van der Waals surface area (Å²) in [4.78, 5) is 0. The van der Waals surface area contributed by atoms with E-state index >= 15 is 0 Å². The molecule has 0 fully saturated rings. The van der Waals surface area contributed by atoms with Crippen LogP contribution in [-0.2, 0) is 15.8 Å². The zero-order valence-corrected chi connectivity index (χ0v) is 9.65. The molecule has 21 heavy (non-hydrogen) atoms. The van der Waals surface area contributed by atoms with Gasteiger partial charge in [-0.2, -0.15) is 48.3 Å². The summed E-state index contributed by atoms with van der Waals surface area (Å²) in [5.41, 5.74) is 0. The van der Waals surface area contributed by atoms with Crippen molar-refractivity contribution in [2.45, 2.75) is 23.2 Å². The van der Waals surface area contributed by atoms with Gasteiger partial charge in [-0.3, -0.25) is 0 Å². The minimum absolute atomic E-state index is 1.91. The molecule has 0 radical (unpaired) electrons. The van der Waals surface area contributed by atoms with Crippen molar-refractivity contribution < 1.29 is 61.8 Å². The highest BCUT2D eigenvalue weighted by Crippen LogP contribution is 2.54. The lowest BCUT2D eigenvalue weighted by Gasteiger charge is -2.33. The van der Waals surface area contributed by atoms with Gasteiger partial charge in [-0.15, -0.1) is 0 Å². The fourth-order valence-corrected chi connectivity index (χ4v) is 1.04. The highest BCUT2D eigenvalue weighted by atomic mass is 32.2. The molecule has 0 aliphatic carbocycles. The Hall–Kier alpha value is -1.12. The second-order valence-electron chi connectivity index (χ2n) is 3.07. The van der Waals surface area contributed by atoms with Crippen molar-refractivity contribution in [1.29, 1.82) is 0 Å². The topological polar surface area (TPSA) is 46.5 Å². The zero-order valence-electron chi connectivity index (χ0n) is 8.83. The molecule has 0 saturated heterocycles. The number of halogens is 11. The molecule has 3 nitrogen and oxygen atoms in total. The van der Waals surface area contributed by atoms with Crippen molar-refractivity contribution in [3.05, 3.63) is 12.1 Å². The Morgan fingerprint density at radius 3 is 1.52 bits per heavy atom. The molecule has 0 aliphatic heterocycles. The molecular weight excluding hydrogens is 361 g/mol. The summed E-state index contributed by atoms with van der Waals surface area (Å²) in [7, 11) is 0. The van der Waals surface area contributed by atoms with E-state index < -0.39 is 46.4 Å². The van der Waals surface area contributed by atoms with E-state index in [0.29, 0.717) is 0 Å². The lowest BCUT2D eigenvalue weighted by molar-refractivity contribution is -0.413. The SMILES string of the molecule is O=S(O)C(F)(F)C(F)(F)C(F)(F)C(F)(F)OC(F)=C(F)F. The van der Waals surface area contributed by atoms with Gasteiger partial charge in [-0.25, -0.2) is 4.21 Å². The van der Waals surface area contributed by atoms with Crippen LogP contribution in [0.3, 0.4) is 0 Å². The van der Waals surface area contributed by atoms with Crippen LogP contribution in [0.25, 0.3) is 0 Å². The van der Waals surface area contributed by atoms with Crippen LogP contribution in [0.15, 0.2) is 12.1 Å². The van der Waals surface area contributed by atoms with Gasteiger partial charge in [0.15, 0.2) is 0 Å². The summed E-state index contributed by atoms with van der Waals surface area (Å²) in [5.74, 6) is -14.6. The van der Waals surface area contributed by atoms with Crippen molar-refractivity contribution >= 4 is 11.1 Å². The highest BCUT2D eigenvalue weighted by molar-refractivity contribution is 7.80. The molecule has 0 aromatic heterocycles. The Morgan fingerprint density at radius 1 is 0.857 bits per heavy atom. The van der Waals surface area contributed by atoms with Crippen molar-refractivity contribution in [1.82, 2.24) is 0 Å². The molecule has 1 N–H and O–H groups in total. The smallest absolute Gasteiger partial charge is 0.397 e. The van der Waals surface area contributed by atoms with Crippen LogP contribution in [0.5, 0.6) is 0 Å². The maximum absolute atomic E-state index is 12.7. The van der Waals surface area contributed by atoms with E-state index in [1.807, 2.05) is 4.74 Å². The van der Waals surface area contributed by atoms with Crippen LogP contribution in [0.4, 0.5) is 48.3 Å². The van der Waals surface area contributed by atoms with Gasteiger partial charge >= 0.3 is 35.3 Å². The molecule has 15 heteroatoms. The fourth-order valence-electron chi connectivity index (χ4n) is 0.690. The predicted molar refractivity (Wildman–Crippen MR) is 42.0 cm³/mol. The van der Waals surface area contributed by atoms with Crippen molar-refractivity contribution in [2.75, 3.05) is 0 Å². The maximum Gasteiger partial charge on any atom is 0.473 e. The zero-order chi connectivity index (χ0) is 17.4. The summed E-state index contributed by atoms with van der Waals surface area (Å²) in [6, 6.07) is -3.73. The molecule has 0 aromatic rings. The first kappa shape index (κ1) is 19.9. The Bertz CT molecular complexity index is 455. The Balaban J connectivity index is 5.85. The maximum atomic E-state index is 12.7. The molecule has 0 amide bonds. The number of hydrogen-bond donors (Lipinski definition) is 1. The van der Waals surface area contributed by atoms with Gasteiger partial charge in [0, 0.05) is 0 Å². The normalized spacial score (nSPS) is 15.6. The van der Waals surface area contributed by atoms with Gasteiger partial charge in [0.2, 0.25) is 11.1 Å². The van der Waals surface area contributed by atoms with Gasteiger partial charge in [-0.05, 0) is 0 Å². The van der Waals surface area contributed by atoms with Gasteiger partial charge in [-0.1, -0.05) is 0 Å². The molecule has 1 atom stereocenters. The molecular formula is C6HF11O3S. The van der Waals surface area contributed by atoms with Crippen LogP contribution in [0.1, 0.15) is 0 Å². The van der Waals surface area contributed by atoms with Crippen molar-refractivity contribution in [3.8, 4) is 0 Å². The first-order chi connectivity index (χ1) is 9.02. The summed E-state index contributed by atoms with van der Waals surface area (Å²) < 4.78 is 155. The second-order valence-corrected chi connectivity index (χ2v) is 4.08. The lowest BCUT2D eigenvalue weighted by Crippen LogP contribution is -2.63. The highest BCUT2D eigenvalue weighted by Gasteiger charge is 2.84. The summed E-state index contributed by atoms with van der Waals surface area (Å²) in [6.07, 6.45) is -10.7. The van der Waals surface area contributed by atoms with Crippen molar-refractivity contribution in [2.24, 2.45) is 0 Å². The Morgan fingerprint density at radius 2 is 1.24 bits per heavy atom. The molecule has 0 aromatic carbocycles. The van der Waals surface area contributed by atoms with Gasteiger partial charge in [0.05, 0.1) is 0 Å². The van der Waals surface area contributed by atoms with Gasteiger partial charge in [0.1, 0.15) is 0 Å². The summed E-state index contributed by atoms with van der Waals surface area (Å²) >= 11 is -5.05. The van der Waals surface area contributed by atoms with Crippen LogP contribution >= 0.6 is 0 Å². The minimum Gasteiger partial charge on any atom is -0.397 e. The van der Waals surface area contributed by atoms with Gasteiger partial charge in [0.25, 0.3) is 0 Å². The largest absolute Gasteiger partial charge is 0.473 e. The third kappa shape index (κ3) is 3.22.